The Morgan fingerprint density at radius 3 is 2.59 bits per heavy atom. The third-order valence-electron chi connectivity index (χ3n) is 4.53. The fraction of sp³-hybridized carbons (Fsp3) is 0.286. The Hall–Kier alpha value is -3.55. The van der Waals surface area contributed by atoms with Crippen LogP contribution in [0.1, 0.15) is 38.1 Å². The lowest BCUT2D eigenvalue weighted by Crippen LogP contribution is -2.24. The van der Waals surface area contributed by atoms with Gasteiger partial charge in [0.25, 0.3) is 11.8 Å². The van der Waals surface area contributed by atoms with Gasteiger partial charge in [0.1, 0.15) is 18.1 Å². The van der Waals surface area contributed by atoms with E-state index in [4.69, 9.17) is 9.15 Å². The van der Waals surface area contributed by atoms with Gasteiger partial charge in [-0.25, -0.2) is 0 Å². The average molecular weight is 396 g/mol. The maximum atomic E-state index is 12.7. The third-order valence-corrected chi connectivity index (χ3v) is 4.53. The first-order chi connectivity index (χ1) is 13.8. The molecule has 29 heavy (non-hydrogen) atoms. The molecule has 152 valence electrons. The van der Waals surface area contributed by atoms with Crippen molar-refractivity contribution in [1.29, 1.82) is 0 Å². The second-order valence-corrected chi connectivity index (χ2v) is 6.91. The van der Waals surface area contributed by atoms with Gasteiger partial charge in [-0.15, -0.1) is 0 Å². The number of hydrogen-bond donors (Lipinski definition) is 1. The molecule has 2 heterocycles. The van der Waals surface area contributed by atoms with Crippen molar-refractivity contribution in [1.82, 2.24) is 14.7 Å². The van der Waals surface area contributed by atoms with Crippen molar-refractivity contribution in [3.8, 4) is 5.75 Å². The van der Waals surface area contributed by atoms with Gasteiger partial charge in [0.15, 0.2) is 11.5 Å². The highest BCUT2D eigenvalue weighted by Gasteiger charge is 2.24. The Morgan fingerprint density at radius 1 is 1.17 bits per heavy atom. The number of nitrogens with zero attached hydrogens (tertiary/aromatic N) is 3. The minimum Gasteiger partial charge on any atom is -0.485 e. The summed E-state index contributed by atoms with van der Waals surface area (Å²) in [7, 11) is 4.97. The summed E-state index contributed by atoms with van der Waals surface area (Å²) in [5.41, 5.74) is 2.23. The molecule has 0 saturated heterocycles. The number of furan rings is 1. The molecule has 0 aliphatic carbocycles. The molecule has 1 N–H and O–H groups in total. The number of aryl methyl sites for hydroxylation is 2. The Bertz CT molecular complexity index is 1050. The Labute approximate surface area is 169 Å². The van der Waals surface area contributed by atoms with E-state index in [0.717, 1.165) is 11.3 Å². The van der Waals surface area contributed by atoms with E-state index in [2.05, 4.69) is 10.4 Å². The van der Waals surface area contributed by atoms with Crippen molar-refractivity contribution in [3.63, 3.8) is 0 Å². The summed E-state index contributed by atoms with van der Waals surface area (Å²) in [6.07, 6.45) is 0. The van der Waals surface area contributed by atoms with Crippen LogP contribution < -0.4 is 10.1 Å². The van der Waals surface area contributed by atoms with Gasteiger partial charge in [0, 0.05) is 21.1 Å². The first-order valence-corrected chi connectivity index (χ1v) is 9.11. The molecule has 8 nitrogen and oxygen atoms in total. The summed E-state index contributed by atoms with van der Waals surface area (Å²) >= 11 is 0. The minimum absolute atomic E-state index is 0.125. The standard InChI is InChI=1S/C21H24N4O4/c1-13-8-6-7-9-16(13)28-12-15-10-11-17(29-15)20(26)22-18-14(2)25(5)23-19(18)21(27)24(3)4/h6-11H,12H2,1-5H3,(H,22,26). The number of ether oxygens (including phenoxy) is 1. The van der Waals surface area contributed by atoms with Crippen LogP contribution in [0, 0.1) is 13.8 Å². The quantitative estimate of drug-likeness (QED) is 0.691. The molecule has 0 unspecified atom stereocenters. The Balaban J connectivity index is 1.73. The molecule has 0 bridgehead atoms. The predicted molar refractivity (Wildman–Crippen MR) is 108 cm³/mol. The zero-order chi connectivity index (χ0) is 21.1. The van der Waals surface area contributed by atoms with Crippen LogP contribution in [0.5, 0.6) is 5.75 Å². The highest BCUT2D eigenvalue weighted by Crippen LogP contribution is 2.23. The van der Waals surface area contributed by atoms with Crippen molar-refractivity contribution in [2.75, 3.05) is 19.4 Å². The van der Waals surface area contributed by atoms with Crippen LogP contribution in [-0.2, 0) is 13.7 Å². The molecular weight excluding hydrogens is 372 g/mol. The number of amides is 2. The van der Waals surface area contributed by atoms with E-state index in [1.165, 1.54) is 4.90 Å². The van der Waals surface area contributed by atoms with E-state index in [0.29, 0.717) is 17.1 Å². The number of benzene rings is 1. The molecule has 0 aliphatic heterocycles. The third kappa shape index (κ3) is 4.31. The molecule has 3 rings (SSSR count). The van der Waals surface area contributed by atoms with Crippen LogP contribution in [0.4, 0.5) is 5.69 Å². The first-order valence-electron chi connectivity index (χ1n) is 9.11. The van der Waals surface area contributed by atoms with E-state index in [1.54, 1.807) is 44.9 Å². The van der Waals surface area contributed by atoms with Crippen molar-refractivity contribution < 1.29 is 18.7 Å². The predicted octanol–water partition coefficient (Wildman–Crippen LogP) is 3.16. The molecule has 0 saturated carbocycles. The Kier molecular flexibility index (Phi) is 5.72. The number of anilines is 1. The van der Waals surface area contributed by atoms with Crippen LogP contribution >= 0.6 is 0 Å². The minimum atomic E-state index is -0.462. The summed E-state index contributed by atoms with van der Waals surface area (Å²) < 4.78 is 12.9. The maximum Gasteiger partial charge on any atom is 0.291 e. The zero-order valence-electron chi connectivity index (χ0n) is 17.1. The smallest absolute Gasteiger partial charge is 0.291 e. The molecule has 0 radical (unpaired) electrons. The molecule has 0 fully saturated rings. The molecule has 0 atom stereocenters. The highest BCUT2D eigenvalue weighted by molar-refractivity contribution is 6.07. The van der Waals surface area contributed by atoms with Gasteiger partial charge in [0.05, 0.1) is 11.4 Å². The lowest BCUT2D eigenvalue weighted by Gasteiger charge is -2.10. The topological polar surface area (TPSA) is 89.6 Å². The molecule has 2 amide bonds. The van der Waals surface area contributed by atoms with Crippen molar-refractivity contribution in [2.24, 2.45) is 7.05 Å². The molecule has 8 heteroatoms. The number of nitrogens with one attached hydrogen (secondary N) is 1. The highest BCUT2D eigenvalue weighted by atomic mass is 16.5. The monoisotopic (exact) mass is 396 g/mol. The summed E-state index contributed by atoms with van der Waals surface area (Å²) in [6.45, 7) is 3.94. The van der Waals surface area contributed by atoms with Crippen molar-refractivity contribution in [3.05, 3.63) is 64.9 Å². The number of hydrogen-bond acceptors (Lipinski definition) is 5. The molecule has 0 spiro atoms. The maximum absolute atomic E-state index is 12.7. The molecule has 0 aliphatic rings. The largest absolute Gasteiger partial charge is 0.485 e. The lowest BCUT2D eigenvalue weighted by atomic mass is 10.2. The summed E-state index contributed by atoms with van der Waals surface area (Å²) in [6, 6.07) is 10.9. The molecule has 2 aromatic heterocycles. The molecule has 3 aromatic rings. The van der Waals surface area contributed by atoms with E-state index >= 15 is 0 Å². The van der Waals surface area contributed by atoms with Gasteiger partial charge in [-0.2, -0.15) is 5.10 Å². The van der Waals surface area contributed by atoms with Crippen LogP contribution in [-0.4, -0.2) is 40.6 Å². The van der Waals surface area contributed by atoms with E-state index in [9.17, 15) is 9.59 Å². The van der Waals surface area contributed by atoms with Crippen LogP contribution in [0.25, 0.3) is 0 Å². The summed E-state index contributed by atoms with van der Waals surface area (Å²) in [5, 5.41) is 6.96. The number of para-hydroxylation sites is 1. The average Bonchev–Trinajstić information content (AvgIpc) is 3.27. The lowest BCUT2D eigenvalue weighted by molar-refractivity contribution is 0.0822. The van der Waals surface area contributed by atoms with Gasteiger partial charge >= 0.3 is 0 Å². The van der Waals surface area contributed by atoms with Gasteiger partial charge in [-0.1, -0.05) is 18.2 Å². The van der Waals surface area contributed by atoms with Gasteiger partial charge < -0.3 is 19.4 Å². The van der Waals surface area contributed by atoms with Crippen LogP contribution in [0.2, 0.25) is 0 Å². The van der Waals surface area contributed by atoms with E-state index in [-0.39, 0.29) is 24.0 Å². The van der Waals surface area contributed by atoms with E-state index < -0.39 is 5.91 Å². The number of carbonyl (C=O) groups excluding carboxylic acids is 2. The summed E-state index contributed by atoms with van der Waals surface area (Å²) in [5.74, 6) is 0.644. The van der Waals surface area contributed by atoms with Crippen molar-refractivity contribution >= 4 is 17.5 Å². The SMILES string of the molecule is Cc1ccccc1OCc1ccc(C(=O)Nc2c(C(=O)N(C)C)nn(C)c2C)o1. The Morgan fingerprint density at radius 2 is 1.90 bits per heavy atom. The molecule has 1 aromatic carbocycles. The number of rotatable bonds is 6. The van der Waals surface area contributed by atoms with Gasteiger partial charge in [-0.3, -0.25) is 14.3 Å². The molecular formula is C21H24N4O4. The van der Waals surface area contributed by atoms with Gasteiger partial charge in [0.2, 0.25) is 0 Å². The first kappa shape index (κ1) is 20.2. The second kappa shape index (κ2) is 8.22. The summed E-state index contributed by atoms with van der Waals surface area (Å²) in [4.78, 5) is 26.4. The fourth-order valence-corrected chi connectivity index (χ4v) is 2.74. The van der Waals surface area contributed by atoms with Crippen LogP contribution in [0.3, 0.4) is 0 Å². The zero-order valence-corrected chi connectivity index (χ0v) is 17.1. The fourth-order valence-electron chi connectivity index (χ4n) is 2.74. The van der Waals surface area contributed by atoms with E-state index in [1.807, 2.05) is 31.2 Å². The number of carbonyl (C=O) groups is 2. The van der Waals surface area contributed by atoms with Gasteiger partial charge in [-0.05, 0) is 37.6 Å². The number of aromatic nitrogens is 2. The normalized spacial score (nSPS) is 10.7. The second-order valence-electron chi connectivity index (χ2n) is 6.91. The van der Waals surface area contributed by atoms with Crippen LogP contribution in [0.15, 0.2) is 40.8 Å². The van der Waals surface area contributed by atoms with Crippen molar-refractivity contribution in [2.45, 2.75) is 20.5 Å².